The molecule has 1 aliphatic carbocycles. The number of benzene rings is 1. The zero-order chi connectivity index (χ0) is 22.5. The lowest BCUT2D eigenvalue weighted by Gasteiger charge is -2.36. The fraction of sp³-hybridized carbons (Fsp3) is 0.480. The highest BCUT2D eigenvalue weighted by molar-refractivity contribution is 7.99. The summed E-state index contributed by atoms with van der Waals surface area (Å²) in [6.07, 6.45) is 4.92. The molecule has 3 aromatic rings. The lowest BCUT2D eigenvalue weighted by molar-refractivity contribution is -0.152. The Labute approximate surface area is 193 Å². The largest absolute Gasteiger partial charge is 0.461 e. The van der Waals surface area contributed by atoms with Gasteiger partial charge in [-0.2, -0.15) is 0 Å². The molecule has 1 fully saturated rings. The Morgan fingerprint density at radius 3 is 2.72 bits per heavy atom. The van der Waals surface area contributed by atoms with Crippen molar-refractivity contribution in [2.45, 2.75) is 57.8 Å². The number of esters is 1. The first kappa shape index (κ1) is 22.6. The Bertz CT molecular complexity index is 1000. The Kier molecular flexibility index (Phi) is 7.35. The third-order valence-electron chi connectivity index (χ3n) is 6.21. The van der Waals surface area contributed by atoms with Gasteiger partial charge in [0.2, 0.25) is 5.82 Å². The van der Waals surface area contributed by atoms with E-state index in [-0.39, 0.29) is 17.8 Å². The normalized spacial score (nSPS) is 21.1. The second kappa shape index (κ2) is 10.4. The molecule has 0 unspecified atom stereocenters. The predicted octanol–water partition coefficient (Wildman–Crippen LogP) is 5.68. The van der Waals surface area contributed by atoms with Gasteiger partial charge in [-0.05, 0) is 48.3 Å². The van der Waals surface area contributed by atoms with E-state index >= 15 is 0 Å². The van der Waals surface area contributed by atoms with Crippen LogP contribution < -0.4 is 0 Å². The zero-order valence-electron chi connectivity index (χ0n) is 18.9. The van der Waals surface area contributed by atoms with Crippen molar-refractivity contribution in [3.8, 4) is 11.6 Å². The van der Waals surface area contributed by atoms with E-state index in [1.807, 2.05) is 34.9 Å². The molecule has 2 aromatic heterocycles. The van der Waals surface area contributed by atoms with Gasteiger partial charge in [-0.25, -0.2) is 0 Å². The molecule has 6 nitrogen and oxygen atoms in total. The maximum Gasteiger partial charge on any atom is 0.316 e. The smallest absolute Gasteiger partial charge is 0.316 e. The first-order valence-corrected chi connectivity index (χ1v) is 12.3. The molecule has 0 saturated heterocycles. The second-order valence-corrected chi connectivity index (χ2v) is 9.94. The molecule has 0 aliphatic heterocycles. The summed E-state index contributed by atoms with van der Waals surface area (Å²) < 4.78 is 13.5. The van der Waals surface area contributed by atoms with E-state index in [1.54, 1.807) is 6.26 Å². The summed E-state index contributed by atoms with van der Waals surface area (Å²) in [5.74, 6) is 2.87. The number of thioether (sulfide) groups is 1. The van der Waals surface area contributed by atoms with Gasteiger partial charge in [0.1, 0.15) is 6.10 Å². The summed E-state index contributed by atoms with van der Waals surface area (Å²) in [5.41, 5.74) is 1.13. The zero-order valence-corrected chi connectivity index (χ0v) is 19.8. The molecule has 0 spiro atoms. The topological polar surface area (TPSA) is 70.2 Å². The van der Waals surface area contributed by atoms with Crippen molar-refractivity contribution < 1.29 is 13.9 Å². The Balaban J connectivity index is 1.46. The molecule has 0 N–H and O–H groups in total. The summed E-state index contributed by atoms with van der Waals surface area (Å²) in [7, 11) is 0. The van der Waals surface area contributed by atoms with E-state index in [0.29, 0.717) is 41.0 Å². The Hall–Kier alpha value is -2.54. The number of ether oxygens (including phenoxy) is 1. The standard InChI is InChI=1S/C25H31N3O3S/c1-17(2)20-12-11-18(3)14-22(20)31-23(29)16-32-25-27-26-24(21-10-7-13-30-21)28(25)15-19-8-5-4-6-9-19/h4-10,13,17-18,20,22H,11-12,14-16H2,1-3H3/t18-,20-,22-/m1/s1. The minimum Gasteiger partial charge on any atom is -0.461 e. The van der Waals surface area contributed by atoms with Crippen molar-refractivity contribution in [3.05, 3.63) is 54.3 Å². The molecular formula is C25H31N3O3S. The van der Waals surface area contributed by atoms with Crippen LogP contribution in [0.2, 0.25) is 0 Å². The Morgan fingerprint density at radius 2 is 2.00 bits per heavy atom. The van der Waals surface area contributed by atoms with E-state index in [2.05, 4.69) is 43.1 Å². The molecule has 32 heavy (non-hydrogen) atoms. The molecule has 1 saturated carbocycles. The first-order valence-electron chi connectivity index (χ1n) is 11.3. The minimum atomic E-state index is -0.187. The lowest BCUT2D eigenvalue weighted by atomic mass is 9.75. The maximum absolute atomic E-state index is 12.7. The number of rotatable bonds is 8. The average Bonchev–Trinajstić information content (AvgIpc) is 3.43. The van der Waals surface area contributed by atoms with E-state index in [4.69, 9.17) is 9.15 Å². The van der Waals surface area contributed by atoms with Crippen LogP contribution in [0.4, 0.5) is 0 Å². The third-order valence-corrected chi connectivity index (χ3v) is 7.15. The molecule has 4 rings (SSSR count). The predicted molar refractivity (Wildman–Crippen MR) is 125 cm³/mol. The van der Waals surface area contributed by atoms with Crippen LogP contribution in [0, 0.1) is 17.8 Å². The highest BCUT2D eigenvalue weighted by Crippen LogP contribution is 2.35. The van der Waals surface area contributed by atoms with Gasteiger partial charge in [0.15, 0.2) is 10.9 Å². The summed E-state index contributed by atoms with van der Waals surface area (Å²) in [6.45, 7) is 7.28. The molecule has 0 radical (unpaired) electrons. The Morgan fingerprint density at radius 1 is 1.19 bits per heavy atom. The highest BCUT2D eigenvalue weighted by Gasteiger charge is 2.33. The minimum absolute atomic E-state index is 0.00715. The van der Waals surface area contributed by atoms with Gasteiger partial charge in [-0.3, -0.25) is 9.36 Å². The van der Waals surface area contributed by atoms with Crippen molar-refractivity contribution >= 4 is 17.7 Å². The van der Waals surface area contributed by atoms with Crippen LogP contribution in [0.3, 0.4) is 0 Å². The summed E-state index contributed by atoms with van der Waals surface area (Å²) in [6, 6.07) is 13.8. The number of hydrogen-bond acceptors (Lipinski definition) is 6. The number of nitrogens with zero attached hydrogens (tertiary/aromatic N) is 3. The van der Waals surface area contributed by atoms with Crippen molar-refractivity contribution in [1.82, 2.24) is 14.8 Å². The van der Waals surface area contributed by atoms with Crippen molar-refractivity contribution in [2.75, 3.05) is 5.75 Å². The fourth-order valence-electron chi connectivity index (χ4n) is 4.47. The van der Waals surface area contributed by atoms with Gasteiger partial charge in [0.25, 0.3) is 0 Å². The first-order chi connectivity index (χ1) is 15.5. The number of hydrogen-bond donors (Lipinski definition) is 0. The summed E-state index contributed by atoms with van der Waals surface area (Å²) >= 11 is 1.36. The number of carbonyl (C=O) groups is 1. The van der Waals surface area contributed by atoms with E-state index < -0.39 is 0 Å². The van der Waals surface area contributed by atoms with Crippen LogP contribution in [0.25, 0.3) is 11.6 Å². The van der Waals surface area contributed by atoms with Gasteiger partial charge in [-0.15, -0.1) is 10.2 Å². The number of carbonyl (C=O) groups excluding carboxylic acids is 1. The molecule has 3 atom stereocenters. The van der Waals surface area contributed by atoms with Crippen LogP contribution in [-0.2, 0) is 16.1 Å². The van der Waals surface area contributed by atoms with Crippen LogP contribution in [0.5, 0.6) is 0 Å². The molecule has 0 bridgehead atoms. The van der Waals surface area contributed by atoms with Gasteiger partial charge in [0.05, 0.1) is 18.6 Å². The van der Waals surface area contributed by atoms with Gasteiger partial charge in [-0.1, -0.05) is 69.3 Å². The third kappa shape index (κ3) is 5.44. The van der Waals surface area contributed by atoms with Gasteiger partial charge < -0.3 is 9.15 Å². The monoisotopic (exact) mass is 453 g/mol. The second-order valence-electron chi connectivity index (χ2n) is 9.00. The number of furan rings is 1. The quantitative estimate of drug-likeness (QED) is 0.323. The summed E-state index contributed by atoms with van der Waals surface area (Å²) in [4.78, 5) is 12.7. The van der Waals surface area contributed by atoms with Crippen LogP contribution in [0.1, 0.15) is 45.6 Å². The van der Waals surface area contributed by atoms with Crippen LogP contribution in [0.15, 0.2) is 58.3 Å². The molecule has 7 heteroatoms. The molecule has 2 heterocycles. The fourth-order valence-corrected chi connectivity index (χ4v) is 5.19. The lowest BCUT2D eigenvalue weighted by Crippen LogP contribution is -2.36. The molecular weight excluding hydrogens is 422 g/mol. The average molecular weight is 454 g/mol. The van der Waals surface area contributed by atoms with Crippen molar-refractivity contribution in [3.63, 3.8) is 0 Å². The maximum atomic E-state index is 12.7. The van der Waals surface area contributed by atoms with Crippen molar-refractivity contribution in [2.24, 2.45) is 17.8 Å². The SMILES string of the molecule is CC(C)[C@H]1CC[C@@H](C)C[C@H]1OC(=O)CSc1nnc(-c2ccco2)n1Cc1ccccc1. The molecule has 170 valence electrons. The summed E-state index contributed by atoms with van der Waals surface area (Å²) in [5, 5.41) is 9.37. The molecule has 0 amide bonds. The molecule has 1 aliphatic rings. The van der Waals surface area contributed by atoms with Crippen molar-refractivity contribution in [1.29, 1.82) is 0 Å². The van der Waals surface area contributed by atoms with E-state index in [1.165, 1.54) is 18.2 Å². The van der Waals surface area contributed by atoms with Crippen LogP contribution in [-0.4, -0.2) is 32.6 Å². The highest BCUT2D eigenvalue weighted by atomic mass is 32.2. The van der Waals surface area contributed by atoms with E-state index in [9.17, 15) is 4.79 Å². The van der Waals surface area contributed by atoms with Gasteiger partial charge in [0, 0.05) is 0 Å². The van der Waals surface area contributed by atoms with Crippen LogP contribution >= 0.6 is 11.8 Å². The molecule has 1 aromatic carbocycles. The van der Waals surface area contributed by atoms with E-state index in [0.717, 1.165) is 18.4 Å². The van der Waals surface area contributed by atoms with Gasteiger partial charge >= 0.3 is 5.97 Å². The number of aromatic nitrogens is 3.